The molecule has 2 heteroatoms. The highest BCUT2D eigenvalue weighted by atomic mass is 15.2. The molecule has 0 unspecified atom stereocenters. The molecule has 0 saturated carbocycles. The molecule has 0 aliphatic rings. The summed E-state index contributed by atoms with van der Waals surface area (Å²) in [5.41, 5.74) is 4.31. The number of allylic oxidation sites excluding steroid dienone is 2. The first kappa shape index (κ1) is 12.4. The van der Waals surface area contributed by atoms with Crippen molar-refractivity contribution in [2.24, 2.45) is 0 Å². The Labute approximate surface area is 98.5 Å². The Balaban J connectivity index is 3.19. The third-order valence-corrected chi connectivity index (χ3v) is 2.75. The smallest absolute Gasteiger partial charge is 0.0646 e. The van der Waals surface area contributed by atoms with E-state index in [9.17, 15) is 0 Å². The quantitative estimate of drug-likeness (QED) is 0.758. The molecule has 16 heavy (non-hydrogen) atoms. The van der Waals surface area contributed by atoms with E-state index in [-0.39, 0.29) is 0 Å². The highest BCUT2D eigenvalue weighted by Gasteiger charge is 2.10. The predicted molar refractivity (Wildman–Crippen MR) is 72.9 cm³/mol. The van der Waals surface area contributed by atoms with Gasteiger partial charge in [0.1, 0.15) is 0 Å². The van der Waals surface area contributed by atoms with Crippen molar-refractivity contribution >= 4 is 11.4 Å². The van der Waals surface area contributed by atoms with Crippen LogP contribution in [-0.4, -0.2) is 14.1 Å². The molecule has 0 saturated heterocycles. The number of anilines is 2. The Morgan fingerprint density at radius 3 is 1.44 bits per heavy atom. The van der Waals surface area contributed by atoms with E-state index in [0.717, 1.165) is 22.8 Å². The largest absolute Gasteiger partial charge is 0.347 e. The second-order valence-electron chi connectivity index (χ2n) is 4.08. The summed E-state index contributed by atoms with van der Waals surface area (Å²) in [6, 6.07) is 8.24. The molecule has 2 nitrogen and oxygen atoms in total. The number of hydrogen-bond acceptors (Lipinski definition) is 2. The van der Waals surface area contributed by atoms with Crippen LogP contribution in [0.1, 0.15) is 13.8 Å². The molecule has 1 rings (SSSR count). The second kappa shape index (κ2) is 4.88. The van der Waals surface area contributed by atoms with Crippen LogP contribution in [0, 0.1) is 0 Å². The molecule has 86 valence electrons. The topological polar surface area (TPSA) is 6.48 Å². The van der Waals surface area contributed by atoms with Gasteiger partial charge in [-0.05, 0) is 26.0 Å². The number of para-hydroxylation sites is 2. The Bertz CT molecular complexity index is 368. The maximum Gasteiger partial charge on any atom is 0.0646 e. The maximum atomic E-state index is 3.96. The molecule has 1 aromatic rings. The van der Waals surface area contributed by atoms with Crippen LogP contribution >= 0.6 is 0 Å². The fourth-order valence-corrected chi connectivity index (χ4v) is 1.44. The second-order valence-corrected chi connectivity index (χ2v) is 4.08. The molecule has 0 radical (unpaired) electrons. The van der Waals surface area contributed by atoms with Crippen LogP contribution in [0.15, 0.2) is 48.8 Å². The molecule has 0 aliphatic heterocycles. The summed E-state index contributed by atoms with van der Waals surface area (Å²) < 4.78 is 0. The van der Waals surface area contributed by atoms with Gasteiger partial charge in [0.05, 0.1) is 11.4 Å². The zero-order valence-corrected chi connectivity index (χ0v) is 10.6. The summed E-state index contributed by atoms with van der Waals surface area (Å²) in [4.78, 5) is 4.16. The lowest BCUT2D eigenvalue weighted by Gasteiger charge is -2.28. The van der Waals surface area contributed by atoms with E-state index >= 15 is 0 Å². The average Bonchev–Trinajstić information content (AvgIpc) is 2.26. The first-order valence-corrected chi connectivity index (χ1v) is 5.32. The van der Waals surface area contributed by atoms with Crippen LogP contribution in [-0.2, 0) is 0 Å². The molecular weight excluding hydrogens is 196 g/mol. The SMILES string of the molecule is C=C(C)N(C)c1ccccc1N(C)C(=C)C. The van der Waals surface area contributed by atoms with Gasteiger partial charge in [-0.1, -0.05) is 25.3 Å². The van der Waals surface area contributed by atoms with E-state index < -0.39 is 0 Å². The third kappa shape index (κ3) is 2.45. The average molecular weight is 216 g/mol. The van der Waals surface area contributed by atoms with Crippen molar-refractivity contribution in [3.8, 4) is 0 Å². The minimum Gasteiger partial charge on any atom is -0.347 e. The van der Waals surface area contributed by atoms with Crippen molar-refractivity contribution in [1.82, 2.24) is 0 Å². The molecule has 0 bridgehead atoms. The van der Waals surface area contributed by atoms with E-state index in [1.807, 2.05) is 40.1 Å². The lowest BCUT2D eigenvalue weighted by Crippen LogP contribution is -2.20. The van der Waals surface area contributed by atoms with Crippen LogP contribution in [0.4, 0.5) is 11.4 Å². The van der Waals surface area contributed by atoms with E-state index in [1.54, 1.807) is 0 Å². The van der Waals surface area contributed by atoms with Crippen LogP contribution < -0.4 is 9.80 Å². The van der Waals surface area contributed by atoms with Crippen LogP contribution in [0.25, 0.3) is 0 Å². The van der Waals surface area contributed by atoms with E-state index in [0.29, 0.717) is 0 Å². The molecule has 1 aromatic carbocycles. The van der Waals surface area contributed by atoms with Gasteiger partial charge in [-0.2, -0.15) is 0 Å². The highest BCUT2D eigenvalue weighted by Crippen LogP contribution is 2.30. The van der Waals surface area contributed by atoms with Gasteiger partial charge in [0, 0.05) is 25.5 Å². The minimum atomic E-state index is 1.02. The van der Waals surface area contributed by atoms with Gasteiger partial charge in [0.2, 0.25) is 0 Å². The van der Waals surface area contributed by atoms with Crippen LogP contribution in [0.5, 0.6) is 0 Å². The molecule has 0 atom stereocenters. The predicted octanol–water partition coefficient (Wildman–Crippen LogP) is 3.63. The lowest BCUT2D eigenvalue weighted by molar-refractivity contribution is 1.05. The summed E-state index contributed by atoms with van der Waals surface area (Å²) in [7, 11) is 4.04. The Kier molecular flexibility index (Phi) is 3.78. The Morgan fingerprint density at radius 1 is 0.875 bits per heavy atom. The van der Waals surface area contributed by atoms with Crippen LogP contribution in [0.3, 0.4) is 0 Å². The first-order valence-electron chi connectivity index (χ1n) is 5.32. The van der Waals surface area contributed by atoms with E-state index in [4.69, 9.17) is 0 Å². The van der Waals surface area contributed by atoms with Crippen molar-refractivity contribution in [1.29, 1.82) is 0 Å². The molecule has 0 amide bonds. The van der Waals surface area contributed by atoms with Gasteiger partial charge in [-0.25, -0.2) is 0 Å². The molecular formula is C14H20N2. The van der Waals surface area contributed by atoms with Gasteiger partial charge >= 0.3 is 0 Å². The maximum absolute atomic E-state index is 3.96. The first-order chi connectivity index (χ1) is 7.45. The minimum absolute atomic E-state index is 1.02. The fourth-order valence-electron chi connectivity index (χ4n) is 1.44. The van der Waals surface area contributed by atoms with Crippen molar-refractivity contribution < 1.29 is 0 Å². The number of benzene rings is 1. The zero-order valence-electron chi connectivity index (χ0n) is 10.6. The van der Waals surface area contributed by atoms with Gasteiger partial charge < -0.3 is 9.80 Å². The van der Waals surface area contributed by atoms with Crippen molar-refractivity contribution in [2.45, 2.75) is 13.8 Å². The molecule has 0 aromatic heterocycles. The summed E-state index contributed by atoms with van der Waals surface area (Å²) in [5, 5.41) is 0. The normalized spacial score (nSPS) is 9.75. The molecule has 0 N–H and O–H groups in total. The van der Waals surface area contributed by atoms with Crippen molar-refractivity contribution in [3.05, 3.63) is 48.8 Å². The number of nitrogens with zero attached hydrogens (tertiary/aromatic N) is 2. The number of rotatable bonds is 4. The fraction of sp³-hybridized carbons (Fsp3) is 0.286. The summed E-state index contributed by atoms with van der Waals surface area (Å²) in [6.07, 6.45) is 0. The number of hydrogen-bond donors (Lipinski definition) is 0. The van der Waals surface area contributed by atoms with Gasteiger partial charge in [0.25, 0.3) is 0 Å². The van der Waals surface area contributed by atoms with E-state index in [2.05, 4.69) is 35.1 Å². The Hall–Kier alpha value is -1.70. The molecule has 0 fully saturated rings. The third-order valence-electron chi connectivity index (χ3n) is 2.75. The summed E-state index contributed by atoms with van der Waals surface area (Å²) >= 11 is 0. The van der Waals surface area contributed by atoms with Gasteiger partial charge in [-0.15, -0.1) is 0 Å². The van der Waals surface area contributed by atoms with Crippen molar-refractivity contribution in [2.75, 3.05) is 23.9 Å². The van der Waals surface area contributed by atoms with Gasteiger partial charge in [0.15, 0.2) is 0 Å². The van der Waals surface area contributed by atoms with E-state index in [1.165, 1.54) is 0 Å². The summed E-state index contributed by atoms with van der Waals surface area (Å²) in [5.74, 6) is 0. The lowest BCUT2D eigenvalue weighted by atomic mass is 10.2. The molecule has 0 heterocycles. The molecule has 0 aliphatic carbocycles. The Morgan fingerprint density at radius 2 is 1.19 bits per heavy atom. The summed E-state index contributed by atoms with van der Waals surface area (Å²) in [6.45, 7) is 11.9. The molecule has 0 spiro atoms. The van der Waals surface area contributed by atoms with Crippen LogP contribution in [0.2, 0.25) is 0 Å². The zero-order chi connectivity index (χ0) is 12.3. The standard InChI is InChI=1S/C14H20N2/c1-11(2)15(5)13-9-7-8-10-14(13)16(6)12(3)4/h7-10H,1,3H2,2,4-6H3. The monoisotopic (exact) mass is 216 g/mol. The van der Waals surface area contributed by atoms with Crippen molar-refractivity contribution in [3.63, 3.8) is 0 Å². The highest BCUT2D eigenvalue weighted by molar-refractivity contribution is 5.74. The van der Waals surface area contributed by atoms with Gasteiger partial charge in [-0.3, -0.25) is 0 Å².